The summed E-state index contributed by atoms with van der Waals surface area (Å²) in [6.07, 6.45) is 5.76. The van der Waals surface area contributed by atoms with Crippen LogP contribution >= 0.6 is 0 Å². The van der Waals surface area contributed by atoms with Crippen LogP contribution in [0.5, 0.6) is 5.75 Å². The van der Waals surface area contributed by atoms with Crippen LogP contribution in [0.4, 0.5) is 8.78 Å². The number of hydrogen-bond acceptors (Lipinski definition) is 3. The number of benzene rings is 1. The van der Waals surface area contributed by atoms with Crippen molar-refractivity contribution in [3.8, 4) is 5.75 Å². The first-order valence-electron chi connectivity index (χ1n) is 9.77. The number of alkyl halides is 2. The Hall–Kier alpha value is -1.89. The van der Waals surface area contributed by atoms with Gasteiger partial charge in [-0.2, -0.15) is 8.78 Å². The van der Waals surface area contributed by atoms with Crippen LogP contribution in [0.2, 0.25) is 0 Å². The van der Waals surface area contributed by atoms with Crippen LogP contribution in [0.3, 0.4) is 0 Å². The predicted octanol–water partition coefficient (Wildman–Crippen LogP) is 3.46. The van der Waals surface area contributed by atoms with Crippen molar-refractivity contribution in [3.05, 3.63) is 29.8 Å². The number of nitrogens with zero attached hydrogens (tertiary/aromatic N) is 1. The molecule has 1 aromatic rings. The molecule has 0 aromatic heterocycles. The van der Waals surface area contributed by atoms with Gasteiger partial charge in [-0.1, -0.05) is 18.6 Å². The molecule has 0 bridgehead atoms. The molecule has 1 unspecified atom stereocenters. The summed E-state index contributed by atoms with van der Waals surface area (Å²) < 4.78 is 28.7. The Kier molecular flexibility index (Phi) is 6.52. The van der Waals surface area contributed by atoms with Crippen molar-refractivity contribution < 1.29 is 18.6 Å². The largest absolute Gasteiger partial charge is 0.435 e. The van der Waals surface area contributed by atoms with Crippen molar-refractivity contribution >= 4 is 5.96 Å². The number of guanidine groups is 1. The van der Waals surface area contributed by atoms with Gasteiger partial charge in [0.2, 0.25) is 0 Å². The van der Waals surface area contributed by atoms with E-state index in [1.54, 1.807) is 12.1 Å². The third-order valence-corrected chi connectivity index (χ3v) is 5.64. The quantitative estimate of drug-likeness (QED) is 0.453. The number of ether oxygens (including phenoxy) is 1. The molecule has 0 radical (unpaired) electrons. The first-order valence-corrected chi connectivity index (χ1v) is 9.77. The minimum Gasteiger partial charge on any atom is -0.435 e. The van der Waals surface area contributed by atoms with Crippen LogP contribution in [0.15, 0.2) is 29.3 Å². The van der Waals surface area contributed by atoms with E-state index in [4.69, 9.17) is 4.99 Å². The fraction of sp³-hybridized carbons (Fsp3) is 0.650. The summed E-state index contributed by atoms with van der Waals surface area (Å²) in [4.78, 5) is 4.76. The molecule has 2 aliphatic rings. The third-order valence-electron chi connectivity index (χ3n) is 5.64. The topological polar surface area (TPSA) is 65.9 Å². The number of nitrogens with one attached hydrogen (secondary N) is 2. The lowest BCUT2D eigenvalue weighted by atomic mass is 9.65. The Morgan fingerprint density at radius 2 is 1.96 bits per heavy atom. The van der Waals surface area contributed by atoms with E-state index < -0.39 is 12.7 Å². The molecule has 3 N–H and O–H groups in total. The van der Waals surface area contributed by atoms with Gasteiger partial charge in [0.1, 0.15) is 5.75 Å². The van der Waals surface area contributed by atoms with Gasteiger partial charge in [0.05, 0.1) is 6.10 Å². The van der Waals surface area contributed by atoms with Crippen LogP contribution in [0, 0.1) is 11.3 Å². The number of aliphatic hydroxyl groups excluding tert-OH is 1. The Balaban J connectivity index is 1.52. The molecule has 1 aromatic carbocycles. The number of halogens is 2. The number of hydrogen-bond donors (Lipinski definition) is 3. The summed E-state index contributed by atoms with van der Waals surface area (Å²) in [5.41, 5.74) is 1.04. The van der Waals surface area contributed by atoms with Crippen molar-refractivity contribution in [2.24, 2.45) is 16.3 Å². The Morgan fingerprint density at radius 3 is 2.48 bits per heavy atom. The highest BCUT2D eigenvalue weighted by atomic mass is 19.3. The molecule has 1 atom stereocenters. The molecule has 27 heavy (non-hydrogen) atoms. The smallest absolute Gasteiger partial charge is 0.387 e. The molecule has 150 valence electrons. The van der Waals surface area contributed by atoms with Crippen molar-refractivity contribution in [2.45, 2.75) is 51.7 Å². The van der Waals surface area contributed by atoms with Gasteiger partial charge in [-0.25, -0.2) is 0 Å². The molecule has 2 fully saturated rings. The molecule has 0 saturated heterocycles. The molecule has 0 aliphatic heterocycles. The monoisotopic (exact) mass is 381 g/mol. The first-order chi connectivity index (χ1) is 13.0. The highest BCUT2D eigenvalue weighted by Gasteiger charge is 2.48. The van der Waals surface area contributed by atoms with E-state index in [1.165, 1.54) is 44.2 Å². The minimum atomic E-state index is -2.85. The molecule has 7 heteroatoms. The van der Waals surface area contributed by atoms with Crippen molar-refractivity contribution in [2.75, 3.05) is 19.6 Å². The van der Waals surface area contributed by atoms with Crippen LogP contribution in [0.25, 0.3) is 0 Å². The average Bonchev–Trinajstić information content (AvgIpc) is 3.44. The zero-order chi connectivity index (χ0) is 19.3. The van der Waals surface area contributed by atoms with Crippen molar-refractivity contribution in [1.82, 2.24) is 10.6 Å². The third kappa shape index (κ3) is 5.31. The highest BCUT2D eigenvalue weighted by molar-refractivity contribution is 5.79. The van der Waals surface area contributed by atoms with E-state index >= 15 is 0 Å². The summed E-state index contributed by atoms with van der Waals surface area (Å²) in [6, 6.07) is 6.04. The lowest BCUT2D eigenvalue weighted by molar-refractivity contribution is -0.0498. The van der Waals surface area contributed by atoms with E-state index in [9.17, 15) is 13.9 Å². The highest BCUT2D eigenvalue weighted by Crippen LogP contribution is 2.57. The van der Waals surface area contributed by atoms with E-state index in [0.717, 1.165) is 19.0 Å². The van der Waals surface area contributed by atoms with E-state index in [1.807, 2.05) is 6.92 Å². The molecule has 0 amide bonds. The average molecular weight is 381 g/mol. The van der Waals surface area contributed by atoms with Gasteiger partial charge in [-0.15, -0.1) is 0 Å². The predicted molar refractivity (Wildman–Crippen MR) is 101 cm³/mol. The van der Waals surface area contributed by atoms with Crippen LogP contribution in [-0.2, 0) is 0 Å². The summed E-state index contributed by atoms with van der Waals surface area (Å²) in [6.45, 7) is 1.03. The SMILES string of the molecule is CCNC(=NCC1(C2CC2)CCC1)NCC(O)c1ccc(OC(F)F)cc1. The Morgan fingerprint density at radius 1 is 1.26 bits per heavy atom. The summed E-state index contributed by atoms with van der Waals surface area (Å²) in [7, 11) is 0. The zero-order valence-electron chi connectivity index (χ0n) is 15.8. The Labute approximate surface area is 159 Å². The van der Waals surface area contributed by atoms with Crippen molar-refractivity contribution in [3.63, 3.8) is 0 Å². The second-order valence-corrected chi connectivity index (χ2v) is 7.53. The molecular weight excluding hydrogens is 352 g/mol. The molecule has 2 aliphatic carbocycles. The maximum absolute atomic E-state index is 12.2. The standard InChI is InChI=1S/C20H29F2N3O2/c1-2-23-19(25-13-20(10-3-11-20)15-6-7-15)24-12-17(26)14-4-8-16(9-5-14)27-18(21)22/h4-5,8-9,15,17-18,26H,2-3,6-7,10-13H2,1H3,(H2,23,24,25). The van der Waals surface area contributed by atoms with E-state index in [0.29, 0.717) is 16.9 Å². The number of rotatable bonds is 9. The normalized spacial score (nSPS) is 20.1. The van der Waals surface area contributed by atoms with Crippen LogP contribution < -0.4 is 15.4 Å². The van der Waals surface area contributed by atoms with Gasteiger partial charge >= 0.3 is 6.61 Å². The number of aliphatic imine (C=N–C) groups is 1. The van der Waals surface area contributed by atoms with Gasteiger partial charge < -0.3 is 20.5 Å². The van der Waals surface area contributed by atoms with Crippen LogP contribution in [0.1, 0.15) is 50.7 Å². The first kappa shape index (κ1) is 19.9. The Bertz CT molecular complexity index is 629. The molecular formula is C20H29F2N3O2. The molecule has 2 saturated carbocycles. The van der Waals surface area contributed by atoms with E-state index in [-0.39, 0.29) is 12.3 Å². The van der Waals surface area contributed by atoms with Gasteiger partial charge in [0.15, 0.2) is 5.96 Å². The second-order valence-electron chi connectivity index (χ2n) is 7.53. The lowest BCUT2D eigenvalue weighted by Crippen LogP contribution is -2.42. The van der Waals surface area contributed by atoms with Gasteiger partial charge in [-0.3, -0.25) is 4.99 Å². The second kappa shape index (κ2) is 8.87. The molecule has 0 spiro atoms. The van der Waals surface area contributed by atoms with Crippen molar-refractivity contribution in [1.29, 1.82) is 0 Å². The maximum atomic E-state index is 12.2. The molecule has 3 rings (SSSR count). The van der Waals surface area contributed by atoms with Crippen LogP contribution in [-0.4, -0.2) is 37.3 Å². The van der Waals surface area contributed by atoms with Gasteiger partial charge in [0, 0.05) is 19.6 Å². The zero-order valence-corrected chi connectivity index (χ0v) is 15.8. The van der Waals surface area contributed by atoms with Gasteiger partial charge in [-0.05, 0) is 61.6 Å². The molecule has 0 heterocycles. The summed E-state index contributed by atoms with van der Waals surface area (Å²) >= 11 is 0. The van der Waals surface area contributed by atoms with Gasteiger partial charge in [0.25, 0.3) is 0 Å². The minimum absolute atomic E-state index is 0.0784. The fourth-order valence-electron chi connectivity index (χ4n) is 3.78. The number of aliphatic hydroxyl groups is 1. The molecule has 5 nitrogen and oxygen atoms in total. The summed E-state index contributed by atoms with van der Waals surface area (Å²) in [5, 5.41) is 16.8. The maximum Gasteiger partial charge on any atom is 0.387 e. The fourth-order valence-corrected chi connectivity index (χ4v) is 3.78. The lowest BCUT2D eigenvalue weighted by Gasteiger charge is -2.41. The van der Waals surface area contributed by atoms with E-state index in [2.05, 4.69) is 15.4 Å². The summed E-state index contributed by atoms with van der Waals surface area (Å²) in [5.74, 6) is 1.63.